The predicted octanol–water partition coefficient (Wildman–Crippen LogP) is 3.14. The molecule has 1 heterocycles. The van der Waals surface area contributed by atoms with Gasteiger partial charge >= 0.3 is 0 Å². The number of nitrogens with two attached hydrogens (primary N) is 1. The van der Waals surface area contributed by atoms with E-state index >= 15 is 0 Å². The van der Waals surface area contributed by atoms with Crippen LogP contribution in [0.1, 0.15) is 18.2 Å². The van der Waals surface area contributed by atoms with Gasteiger partial charge in [-0.1, -0.05) is 24.3 Å². The van der Waals surface area contributed by atoms with Gasteiger partial charge in [-0.05, 0) is 31.5 Å². The van der Waals surface area contributed by atoms with Gasteiger partial charge in [-0.2, -0.15) is 0 Å². The molecule has 2 aromatic rings. The Kier molecular flexibility index (Phi) is 3.11. The fourth-order valence-corrected chi connectivity index (χ4v) is 1.80. The van der Waals surface area contributed by atoms with E-state index in [1.165, 1.54) is 5.56 Å². The summed E-state index contributed by atoms with van der Waals surface area (Å²) in [6.45, 7) is 4.07. The third-order valence-corrected chi connectivity index (χ3v) is 2.60. The molecule has 1 aromatic heterocycles. The second-order valence-electron chi connectivity index (χ2n) is 4.26. The zero-order chi connectivity index (χ0) is 11.5. The Bertz CT molecular complexity index is 471. The van der Waals surface area contributed by atoms with Crippen LogP contribution in [0.4, 0.5) is 0 Å². The van der Waals surface area contributed by atoms with Crippen LogP contribution in [0.5, 0.6) is 0 Å². The van der Waals surface area contributed by atoms with Crippen LogP contribution in [0.2, 0.25) is 0 Å². The maximum atomic E-state index is 5.78. The Morgan fingerprint density at radius 3 is 2.62 bits per heavy atom. The lowest BCUT2D eigenvalue weighted by Crippen LogP contribution is -2.17. The van der Waals surface area contributed by atoms with E-state index in [1.807, 2.05) is 31.2 Å². The second-order valence-corrected chi connectivity index (χ2v) is 4.26. The van der Waals surface area contributed by atoms with E-state index < -0.39 is 0 Å². The van der Waals surface area contributed by atoms with E-state index in [1.54, 1.807) is 0 Å². The van der Waals surface area contributed by atoms with E-state index in [4.69, 9.17) is 10.2 Å². The first-order valence-corrected chi connectivity index (χ1v) is 5.57. The normalized spacial score (nSPS) is 12.7. The first-order valence-electron chi connectivity index (χ1n) is 5.57. The molecule has 0 aliphatic carbocycles. The molecule has 2 N–H and O–H groups in total. The van der Waals surface area contributed by atoms with E-state index in [0.29, 0.717) is 0 Å². The highest BCUT2D eigenvalue weighted by Gasteiger charge is 2.07. The number of hydrogen-bond acceptors (Lipinski definition) is 2. The van der Waals surface area contributed by atoms with Crippen LogP contribution in [0.3, 0.4) is 0 Å². The second kappa shape index (κ2) is 4.54. The van der Waals surface area contributed by atoms with Crippen molar-refractivity contribution in [3.05, 3.63) is 47.7 Å². The van der Waals surface area contributed by atoms with Crippen LogP contribution >= 0.6 is 0 Å². The Balaban J connectivity index is 2.28. The van der Waals surface area contributed by atoms with Gasteiger partial charge in [-0.3, -0.25) is 0 Å². The van der Waals surface area contributed by atoms with Crippen molar-refractivity contribution < 1.29 is 4.42 Å². The zero-order valence-corrected chi connectivity index (χ0v) is 9.73. The Morgan fingerprint density at radius 1 is 1.19 bits per heavy atom. The summed E-state index contributed by atoms with van der Waals surface area (Å²) in [7, 11) is 0. The van der Waals surface area contributed by atoms with E-state index in [9.17, 15) is 0 Å². The summed E-state index contributed by atoms with van der Waals surface area (Å²) in [6, 6.07) is 12.4. The molecule has 1 unspecified atom stereocenters. The monoisotopic (exact) mass is 215 g/mol. The molecule has 0 spiro atoms. The molecule has 0 radical (unpaired) electrons. The molecule has 1 atom stereocenters. The molecule has 0 saturated heterocycles. The summed E-state index contributed by atoms with van der Waals surface area (Å²) < 4.78 is 5.78. The van der Waals surface area contributed by atoms with Crippen LogP contribution in [-0.2, 0) is 6.42 Å². The molecule has 0 fully saturated rings. The van der Waals surface area contributed by atoms with E-state index in [2.05, 4.69) is 19.1 Å². The molecular weight excluding hydrogens is 198 g/mol. The quantitative estimate of drug-likeness (QED) is 0.854. The van der Waals surface area contributed by atoms with Gasteiger partial charge < -0.3 is 10.2 Å². The molecule has 1 aromatic carbocycles. The topological polar surface area (TPSA) is 39.2 Å². The first-order chi connectivity index (χ1) is 7.66. The average Bonchev–Trinajstić information content (AvgIpc) is 2.66. The highest BCUT2D eigenvalue weighted by molar-refractivity contribution is 5.61. The molecular formula is C14H17NO. The average molecular weight is 215 g/mol. The number of rotatable bonds is 3. The van der Waals surface area contributed by atoms with Crippen molar-refractivity contribution in [1.82, 2.24) is 0 Å². The Labute approximate surface area is 96.1 Å². The number of furan rings is 1. The molecule has 2 rings (SSSR count). The molecule has 0 aliphatic rings. The van der Waals surface area contributed by atoms with Crippen molar-refractivity contribution in [2.75, 3.05) is 0 Å². The fraction of sp³-hybridized carbons (Fsp3) is 0.286. The standard InChI is InChI=1S/C14H17NO/c1-10-5-3-4-6-13(10)14-8-7-12(16-14)9-11(2)15/h3-8,11H,9,15H2,1-2H3. The summed E-state index contributed by atoms with van der Waals surface area (Å²) in [6.07, 6.45) is 0.784. The van der Waals surface area contributed by atoms with Crippen molar-refractivity contribution in [2.45, 2.75) is 26.3 Å². The smallest absolute Gasteiger partial charge is 0.134 e. The predicted molar refractivity (Wildman–Crippen MR) is 66.2 cm³/mol. The Hall–Kier alpha value is -1.54. The van der Waals surface area contributed by atoms with Crippen molar-refractivity contribution in [2.24, 2.45) is 5.73 Å². The lowest BCUT2D eigenvalue weighted by atomic mass is 10.1. The zero-order valence-electron chi connectivity index (χ0n) is 9.73. The van der Waals surface area contributed by atoms with Gasteiger partial charge in [0.2, 0.25) is 0 Å². The molecule has 0 saturated carbocycles. The van der Waals surface area contributed by atoms with Gasteiger partial charge in [0.1, 0.15) is 11.5 Å². The van der Waals surface area contributed by atoms with Gasteiger partial charge in [0, 0.05) is 18.0 Å². The highest BCUT2D eigenvalue weighted by atomic mass is 16.3. The summed E-state index contributed by atoms with van der Waals surface area (Å²) in [5.41, 5.74) is 8.12. The SMILES string of the molecule is Cc1ccccc1-c1ccc(CC(C)N)o1. The number of benzene rings is 1. The molecule has 16 heavy (non-hydrogen) atoms. The fourth-order valence-electron chi connectivity index (χ4n) is 1.80. The molecule has 0 amide bonds. The van der Waals surface area contributed by atoms with Gasteiger partial charge in [0.05, 0.1) is 0 Å². The van der Waals surface area contributed by atoms with E-state index in [0.717, 1.165) is 23.5 Å². The minimum Gasteiger partial charge on any atom is -0.461 e. The van der Waals surface area contributed by atoms with Gasteiger partial charge in [-0.25, -0.2) is 0 Å². The van der Waals surface area contributed by atoms with Crippen LogP contribution < -0.4 is 5.73 Å². The van der Waals surface area contributed by atoms with Crippen LogP contribution in [0.25, 0.3) is 11.3 Å². The summed E-state index contributed by atoms with van der Waals surface area (Å²) in [4.78, 5) is 0. The first kappa shape index (κ1) is 11.0. The largest absolute Gasteiger partial charge is 0.461 e. The van der Waals surface area contributed by atoms with Crippen molar-refractivity contribution >= 4 is 0 Å². The molecule has 2 nitrogen and oxygen atoms in total. The van der Waals surface area contributed by atoms with Crippen LogP contribution in [-0.4, -0.2) is 6.04 Å². The highest BCUT2D eigenvalue weighted by Crippen LogP contribution is 2.25. The van der Waals surface area contributed by atoms with E-state index in [-0.39, 0.29) is 6.04 Å². The van der Waals surface area contributed by atoms with Crippen LogP contribution in [0.15, 0.2) is 40.8 Å². The minimum atomic E-state index is 0.135. The minimum absolute atomic E-state index is 0.135. The lowest BCUT2D eigenvalue weighted by Gasteiger charge is -2.03. The molecule has 2 heteroatoms. The summed E-state index contributed by atoms with van der Waals surface area (Å²) in [5, 5.41) is 0. The van der Waals surface area contributed by atoms with Crippen LogP contribution in [0, 0.1) is 6.92 Å². The van der Waals surface area contributed by atoms with Crippen molar-refractivity contribution in [3.63, 3.8) is 0 Å². The maximum absolute atomic E-state index is 5.78. The number of hydrogen-bond donors (Lipinski definition) is 1. The summed E-state index contributed by atoms with van der Waals surface area (Å²) >= 11 is 0. The molecule has 0 bridgehead atoms. The van der Waals surface area contributed by atoms with Crippen molar-refractivity contribution in [3.8, 4) is 11.3 Å². The van der Waals surface area contributed by atoms with Crippen molar-refractivity contribution in [1.29, 1.82) is 0 Å². The van der Waals surface area contributed by atoms with Gasteiger partial charge in [-0.15, -0.1) is 0 Å². The van der Waals surface area contributed by atoms with Gasteiger partial charge in [0.25, 0.3) is 0 Å². The third kappa shape index (κ3) is 2.34. The lowest BCUT2D eigenvalue weighted by molar-refractivity contribution is 0.503. The third-order valence-electron chi connectivity index (χ3n) is 2.60. The molecule has 84 valence electrons. The van der Waals surface area contributed by atoms with Gasteiger partial charge in [0.15, 0.2) is 0 Å². The Morgan fingerprint density at radius 2 is 1.94 bits per heavy atom. The number of aryl methyl sites for hydroxylation is 1. The maximum Gasteiger partial charge on any atom is 0.134 e. The molecule has 0 aliphatic heterocycles. The summed E-state index contributed by atoms with van der Waals surface area (Å²) in [5.74, 6) is 1.88.